The van der Waals surface area contributed by atoms with E-state index in [1.807, 2.05) is 18.2 Å². The van der Waals surface area contributed by atoms with E-state index in [4.69, 9.17) is 0 Å². The van der Waals surface area contributed by atoms with Crippen molar-refractivity contribution in [1.82, 2.24) is 19.9 Å². The minimum atomic E-state index is -0.0204. The van der Waals surface area contributed by atoms with Gasteiger partial charge in [0.15, 0.2) is 0 Å². The van der Waals surface area contributed by atoms with Crippen LogP contribution in [0.2, 0.25) is 0 Å². The number of nitrogens with zero attached hydrogens (tertiary/aromatic N) is 3. The van der Waals surface area contributed by atoms with Crippen molar-refractivity contribution < 1.29 is 7.77 Å². The second-order valence-electron chi connectivity index (χ2n) is 4.83. The highest BCUT2D eigenvalue weighted by Crippen LogP contribution is 2.31. The number of fused-ring (bicyclic) bond motifs is 3. The number of rotatable bonds is 3. The zero-order valence-electron chi connectivity index (χ0n) is 11.5. The van der Waals surface area contributed by atoms with Gasteiger partial charge >= 0.3 is 0 Å². The first-order chi connectivity index (χ1) is 11.3. The van der Waals surface area contributed by atoms with Crippen molar-refractivity contribution in [2.24, 2.45) is 0 Å². The van der Waals surface area contributed by atoms with Gasteiger partial charge in [0.2, 0.25) is 0 Å². The molecule has 4 rings (SSSR count). The van der Waals surface area contributed by atoms with Gasteiger partial charge in [0.25, 0.3) is 0 Å². The quantitative estimate of drug-likeness (QED) is 0.557. The predicted octanol–water partition coefficient (Wildman–Crippen LogP) is 5.13. The van der Waals surface area contributed by atoms with Crippen LogP contribution in [0.25, 0.3) is 33.2 Å². The van der Waals surface area contributed by atoms with E-state index in [0.29, 0.717) is 16.9 Å². The molecule has 0 saturated heterocycles. The number of halogens is 2. The Morgan fingerprint density at radius 2 is 1.70 bits per heavy atom. The lowest BCUT2D eigenvalue weighted by Gasteiger charge is -2.04. The zero-order chi connectivity index (χ0) is 15.8. The molecule has 0 radical (unpaired) electrons. The molecule has 0 aliphatic carbocycles. The van der Waals surface area contributed by atoms with Crippen molar-refractivity contribution >= 4 is 46.2 Å². The first-order valence-electron chi connectivity index (χ1n) is 6.60. The van der Waals surface area contributed by atoms with E-state index in [-0.39, 0.29) is 34.3 Å². The lowest BCUT2D eigenvalue weighted by molar-refractivity contribution is 0.883. The van der Waals surface area contributed by atoms with Gasteiger partial charge in [-0.25, -0.2) is 9.97 Å². The van der Waals surface area contributed by atoms with Gasteiger partial charge in [0.05, 0.1) is 11.2 Å². The van der Waals surface area contributed by atoms with Crippen molar-refractivity contribution in [3.63, 3.8) is 0 Å². The summed E-state index contributed by atoms with van der Waals surface area (Å²) in [6, 6.07) is 8.70. The third kappa shape index (κ3) is 2.53. The number of nitrogens with one attached hydrogen (secondary N) is 1. The third-order valence-electron chi connectivity index (χ3n) is 3.49. The Morgan fingerprint density at radius 3 is 2.43 bits per heavy atom. The van der Waals surface area contributed by atoms with Crippen LogP contribution in [0.1, 0.15) is 0 Å². The van der Waals surface area contributed by atoms with E-state index >= 15 is 0 Å². The summed E-state index contributed by atoms with van der Waals surface area (Å²) in [6.45, 7) is 0. The highest BCUT2D eigenvalue weighted by Gasteiger charge is 2.11. The molecule has 0 unspecified atom stereocenters. The van der Waals surface area contributed by atoms with Gasteiger partial charge in [-0.1, -0.05) is 0 Å². The summed E-state index contributed by atoms with van der Waals surface area (Å²) in [6.07, 6.45) is 3.48. The smallest absolute Gasteiger partial charge is 0.139 e. The fraction of sp³-hybridized carbons (Fsp3) is 0. The van der Waals surface area contributed by atoms with E-state index in [1.165, 1.54) is 0 Å². The normalized spacial score (nSPS) is 11.4. The average molecular weight is 346 g/mol. The van der Waals surface area contributed by atoms with Crippen LogP contribution >= 0.6 is 24.3 Å². The average Bonchev–Trinajstić information content (AvgIpc) is 2.98. The fourth-order valence-electron chi connectivity index (χ4n) is 2.49. The molecule has 8 heteroatoms. The lowest BCUT2D eigenvalue weighted by atomic mass is 10.1. The Bertz CT molecular complexity index is 997. The molecule has 4 aromatic rings. The summed E-state index contributed by atoms with van der Waals surface area (Å²) in [5.41, 5.74) is 2.87. The Morgan fingerprint density at radius 1 is 0.913 bits per heavy atom. The van der Waals surface area contributed by atoms with Crippen LogP contribution in [0.4, 0.5) is 7.77 Å². The maximum atomic E-state index is 12.8. The van der Waals surface area contributed by atoms with E-state index in [0.717, 1.165) is 16.3 Å². The van der Waals surface area contributed by atoms with Crippen LogP contribution in [-0.4, -0.2) is 19.9 Å². The summed E-state index contributed by atoms with van der Waals surface area (Å²) in [4.78, 5) is 15.7. The molecule has 0 saturated carbocycles. The number of aromatic nitrogens is 4. The molecule has 0 spiro atoms. The summed E-state index contributed by atoms with van der Waals surface area (Å²) < 4.78 is 25.6. The topological polar surface area (TPSA) is 54.5 Å². The molecule has 0 bridgehead atoms. The minimum absolute atomic E-state index is 0.0204. The highest BCUT2D eigenvalue weighted by molar-refractivity contribution is 7.94. The lowest BCUT2D eigenvalue weighted by Crippen LogP contribution is -1.88. The summed E-state index contributed by atoms with van der Waals surface area (Å²) in [5, 5.41) is 2.14. The van der Waals surface area contributed by atoms with Gasteiger partial charge in [0, 0.05) is 28.7 Å². The van der Waals surface area contributed by atoms with Crippen LogP contribution in [0, 0.1) is 0 Å². The molecule has 4 nitrogen and oxygen atoms in total. The molecular weight excluding hydrogens is 338 g/mol. The molecule has 0 aliphatic heterocycles. The van der Waals surface area contributed by atoms with E-state index < -0.39 is 0 Å². The predicted molar refractivity (Wildman–Crippen MR) is 88.6 cm³/mol. The van der Waals surface area contributed by atoms with Crippen molar-refractivity contribution in [3.8, 4) is 11.3 Å². The van der Waals surface area contributed by atoms with Crippen LogP contribution in [0.3, 0.4) is 0 Å². The van der Waals surface area contributed by atoms with E-state index in [9.17, 15) is 7.77 Å². The summed E-state index contributed by atoms with van der Waals surface area (Å²) >= 11 is -0.0407. The molecule has 0 fully saturated rings. The maximum Gasteiger partial charge on any atom is 0.139 e. The molecule has 23 heavy (non-hydrogen) atoms. The van der Waals surface area contributed by atoms with Crippen molar-refractivity contribution in [2.75, 3.05) is 0 Å². The van der Waals surface area contributed by atoms with Crippen molar-refractivity contribution in [2.45, 2.75) is 10.1 Å². The van der Waals surface area contributed by atoms with Gasteiger partial charge in [-0.3, -0.25) is 4.98 Å². The van der Waals surface area contributed by atoms with Crippen LogP contribution in [0.5, 0.6) is 0 Å². The van der Waals surface area contributed by atoms with Gasteiger partial charge in [-0.05, 0) is 30.3 Å². The van der Waals surface area contributed by atoms with Crippen LogP contribution in [0.15, 0.2) is 52.8 Å². The second kappa shape index (κ2) is 5.78. The molecule has 4 heterocycles. The van der Waals surface area contributed by atoms with Crippen LogP contribution < -0.4 is 0 Å². The number of aromatic amines is 1. The van der Waals surface area contributed by atoms with Gasteiger partial charge in [-0.15, -0.1) is 0 Å². The maximum absolute atomic E-state index is 12.8. The number of hydrogen-bond donors (Lipinski definition) is 1. The van der Waals surface area contributed by atoms with Crippen LogP contribution in [-0.2, 0) is 0 Å². The third-order valence-corrected chi connectivity index (χ3v) is 4.23. The fourth-order valence-corrected chi connectivity index (χ4v) is 3.15. The largest absolute Gasteiger partial charge is 0.339 e. The van der Waals surface area contributed by atoms with Crippen molar-refractivity contribution in [3.05, 3.63) is 42.7 Å². The number of pyridine rings is 3. The number of H-pyrrole nitrogens is 1. The Hall–Kier alpha value is -2.19. The molecule has 0 aliphatic rings. The molecular formula is C15H8F2N4S2. The molecule has 0 atom stereocenters. The zero-order valence-corrected chi connectivity index (χ0v) is 13.1. The molecule has 0 aromatic carbocycles. The highest BCUT2D eigenvalue weighted by atomic mass is 32.2. The first kappa shape index (κ1) is 14.4. The first-order valence-corrected chi connectivity index (χ1v) is 8.04. The Balaban J connectivity index is 1.90. The summed E-state index contributed by atoms with van der Waals surface area (Å²) in [7, 11) is 0. The monoisotopic (exact) mass is 346 g/mol. The van der Waals surface area contributed by atoms with Gasteiger partial charge in [-0.2, -0.15) is 7.77 Å². The summed E-state index contributed by atoms with van der Waals surface area (Å²) in [5.74, 6) is 0. The molecule has 0 amide bonds. The molecule has 4 aromatic heterocycles. The van der Waals surface area contributed by atoms with Crippen molar-refractivity contribution in [1.29, 1.82) is 0 Å². The van der Waals surface area contributed by atoms with Gasteiger partial charge in [0.1, 0.15) is 40.0 Å². The minimum Gasteiger partial charge on any atom is -0.339 e. The van der Waals surface area contributed by atoms with E-state index in [1.54, 1.807) is 24.5 Å². The SMILES string of the molecule is FSc1cc(-c2ccc3c(n2)[nH]c2ccncc23)cc(SF)n1. The molecule has 1 N–H and O–H groups in total. The Labute approximate surface area is 138 Å². The van der Waals surface area contributed by atoms with E-state index in [2.05, 4.69) is 19.9 Å². The molecule has 114 valence electrons. The number of hydrogen-bond acceptors (Lipinski definition) is 5. The second-order valence-corrected chi connectivity index (χ2v) is 5.97. The Kier molecular flexibility index (Phi) is 3.62. The standard InChI is InChI=1S/C15H8F2N4S2/c16-22-13-5-8(6-14(21-13)23-17)11-2-1-9-10-7-18-4-3-12(10)20-15(9)19-11/h1-7H,(H,19,20). The van der Waals surface area contributed by atoms with Gasteiger partial charge < -0.3 is 4.98 Å².